The van der Waals surface area contributed by atoms with Crippen molar-refractivity contribution in [2.45, 2.75) is 25.2 Å². The smallest absolute Gasteiger partial charge is 0.0163 e. The first kappa shape index (κ1) is 6.43. The Hall–Kier alpha value is 0.434. The molecule has 0 aromatic carbocycles. The number of hydrogen-bond donors (Lipinski definition) is 0. The predicted octanol–water partition coefficient (Wildman–Crippen LogP) is 0.186. The molecule has 0 unspecified atom stereocenters. The lowest BCUT2D eigenvalue weighted by Crippen LogP contribution is -1.89. The Kier molecular flexibility index (Phi) is 5.83. The van der Waals surface area contributed by atoms with Crippen LogP contribution in [-0.4, -0.2) is 19.0 Å². The van der Waals surface area contributed by atoms with E-state index in [0.29, 0.717) is 19.0 Å². The number of hydrogen-bond acceptors (Lipinski definition) is 0. The standard InChI is InChI=1S/C4H14Si2/c1-3-6-4-5-2/h3-6H2,1-2H3. The Labute approximate surface area is 45.0 Å². The molecule has 0 N–H and O–H groups in total. The monoisotopic (exact) mass is 118 g/mol. The molecular formula is C4H14Si2. The lowest BCUT2D eigenvalue weighted by atomic mass is 11.0. The van der Waals surface area contributed by atoms with Gasteiger partial charge in [0, 0.05) is 19.0 Å². The molecule has 0 aromatic rings. The average molecular weight is 118 g/mol. The quantitative estimate of drug-likeness (QED) is 0.366. The lowest BCUT2D eigenvalue weighted by molar-refractivity contribution is 1.44. The molecule has 0 aliphatic heterocycles. The van der Waals surface area contributed by atoms with E-state index in [0.717, 1.165) is 0 Å². The summed E-state index contributed by atoms with van der Waals surface area (Å²) < 4.78 is 0. The zero-order valence-corrected chi connectivity index (χ0v) is 7.66. The van der Waals surface area contributed by atoms with Crippen LogP contribution >= 0.6 is 0 Å². The van der Waals surface area contributed by atoms with E-state index in [9.17, 15) is 0 Å². The lowest BCUT2D eigenvalue weighted by Gasteiger charge is -1.83. The van der Waals surface area contributed by atoms with Crippen LogP contribution in [0.5, 0.6) is 0 Å². The van der Waals surface area contributed by atoms with Crippen LogP contribution in [0.4, 0.5) is 0 Å². The highest BCUT2D eigenvalue weighted by molar-refractivity contribution is 6.54. The van der Waals surface area contributed by atoms with E-state index in [-0.39, 0.29) is 0 Å². The van der Waals surface area contributed by atoms with E-state index >= 15 is 0 Å². The normalized spacial score (nSPS) is 13.0. The summed E-state index contributed by atoms with van der Waals surface area (Å²) in [6, 6.07) is 1.53. The zero-order valence-electron chi connectivity index (χ0n) is 4.83. The van der Waals surface area contributed by atoms with Gasteiger partial charge in [-0.2, -0.15) is 0 Å². The van der Waals surface area contributed by atoms with Gasteiger partial charge in [0.05, 0.1) is 0 Å². The third-order valence-electron chi connectivity index (χ3n) is 0.957. The van der Waals surface area contributed by atoms with E-state index in [4.69, 9.17) is 0 Å². The Balaban J connectivity index is 2.34. The van der Waals surface area contributed by atoms with E-state index in [1.807, 2.05) is 0 Å². The molecular weight excluding hydrogens is 104 g/mol. The van der Waals surface area contributed by atoms with Crippen LogP contribution in [-0.2, 0) is 0 Å². The van der Waals surface area contributed by atoms with Gasteiger partial charge in [-0.15, -0.1) is 0 Å². The average Bonchev–Trinajstić information content (AvgIpc) is 1.61. The molecule has 0 spiro atoms. The maximum absolute atomic E-state index is 2.41. The van der Waals surface area contributed by atoms with Gasteiger partial charge in [0.15, 0.2) is 0 Å². The maximum Gasteiger partial charge on any atom is 0.0163 e. The van der Waals surface area contributed by atoms with Crippen LogP contribution in [0.1, 0.15) is 6.92 Å². The molecule has 0 fully saturated rings. The molecule has 0 amide bonds. The summed E-state index contributed by atoms with van der Waals surface area (Å²) in [6.07, 6.45) is 0. The van der Waals surface area contributed by atoms with Crippen molar-refractivity contribution in [2.24, 2.45) is 0 Å². The fourth-order valence-corrected chi connectivity index (χ4v) is 4.50. The zero-order chi connectivity index (χ0) is 4.83. The predicted molar refractivity (Wildman–Crippen MR) is 38.2 cm³/mol. The van der Waals surface area contributed by atoms with Crippen molar-refractivity contribution in [3.05, 3.63) is 0 Å². The maximum atomic E-state index is 2.41. The van der Waals surface area contributed by atoms with Crippen LogP contribution in [0.25, 0.3) is 0 Å². The molecule has 0 saturated heterocycles. The van der Waals surface area contributed by atoms with Crippen molar-refractivity contribution >= 4 is 19.0 Å². The summed E-state index contributed by atoms with van der Waals surface area (Å²) in [5.74, 6) is 0. The van der Waals surface area contributed by atoms with Gasteiger partial charge < -0.3 is 0 Å². The van der Waals surface area contributed by atoms with Crippen LogP contribution in [0.3, 0.4) is 0 Å². The molecule has 0 aliphatic rings. The molecule has 0 aliphatic carbocycles. The van der Waals surface area contributed by atoms with Gasteiger partial charge in [-0.1, -0.05) is 25.2 Å². The Morgan fingerprint density at radius 1 is 1.50 bits per heavy atom. The van der Waals surface area contributed by atoms with Crippen molar-refractivity contribution in [3.63, 3.8) is 0 Å². The highest BCUT2D eigenvalue weighted by Crippen LogP contribution is 1.78. The molecule has 0 radical (unpaired) electrons. The molecule has 0 saturated carbocycles. The molecule has 0 heterocycles. The van der Waals surface area contributed by atoms with Crippen LogP contribution < -0.4 is 0 Å². The highest BCUT2D eigenvalue weighted by atomic mass is 28.3. The Morgan fingerprint density at radius 2 is 2.17 bits per heavy atom. The Morgan fingerprint density at radius 3 is 2.33 bits per heavy atom. The molecule has 0 atom stereocenters. The van der Waals surface area contributed by atoms with Gasteiger partial charge in [-0.25, -0.2) is 0 Å². The summed E-state index contributed by atoms with van der Waals surface area (Å²) in [5, 5.41) is 0. The molecule has 0 bridgehead atoms. The SMILES string of the molecule is CC[SiH2]C[SiH2]C. The third kappa shape index (κ3) is 4.43. The summed E-state index contributed by atoms with van der Waals surface area (Å²) in [7, 11) is 0.948. The van der Waals surface area contributed by atoms with Gasteiger partial charge in [0.2, 0.25) is 0 Å². The topological polar surface area (TPSA) is 0 Å². The second-order valence-corrected chi connectivity index (χ2v) is 7.24. The van der Waals surface area contributed by atoms with Crippen LogP contribution in [0.2, 0.25) is 18.3 Å². The first-order valence-corrected chi connectivity index (χ1v) is 7.33. The highest BCUT2D eigenvalue weighted by Gasteiger charge is 1.77. The van der Waals surface area contributed by atoms with Gasteiger partial charge in [-0.3, -0.25) is 0 Å². The van der Waals surface area contributed by atoms with E-state index < -0.39 is 0 Å². The van der Waals surface area contributed by atoms with Gasteiger partial charge >= 0.3 is 0 Å². The van der Waals surface area contributed by atoms with Crippen molar-refractivity contribution in [2.75, 3.05) is 0 Å². The van der Waals surface area contributed by atoms with Crippen molar-refractivity contribution < 1.29 is 0 Å². The molecule has 0 rings (SSSR count). The molecule has 0 aromatic heterocycles. The minimum atomic E-state index is 0.465. The minimum absolute atomic E-state index is 0.465. The van der Waals surface area contributed by atoms with Crippen molar-refractivity contribution in [3.8, 4) is 0 Å². The van der Waals surface area contributed by atoms with Gasteiger partial charge in [-0.05, 0) is 0 Å². The van der Waals surface area contributed by atoms with Crippen LogP contribution in [0, 0.1) is 0 Å². The summed E-state index contributed by atoms with van der Waals surface area (Å²) in [6.45, 7) is 4.72. The van der Waals surface area contributed by atoms with Crippen LogP contribution in [0.15, 0.2) is 0 Å². The minimum Gasteiger partial charge on any atom is -0.0751 e. The number of rotatable bonds is 3. The second-order valence-electron chi connectivity index (χ2n) is 1.71. The van der Waals surface area contributed by atoms with E-state index in [1.54, 1.807) is 5.67 Å². The van der Waals surface area contributed by atoms with E-state index in [1.165, 1.54) is 6.04 Å². The van der Waals surface area contributed by atoms with Gasteiger partial charge in [0.1, 0.15) is 0 Å². The summed E-state index contributed by atoms with van der Waals surface area (Å²) >= 11 is 0. The third-order valence-corrected chi connectivity index (χ3v) is 6.49. The largest absolute Gasteiger partial charge is 0.0751 e. The molecule has 2 heteroatoms. The summed E-state index contributed by atoms with van der Waals surface area (Å²) in [4.78, 5) is 0. The first-order chi connectivity index (χ1) is 2.91. The first-order valence-electron chi connectivity index (χ1n) is 2.91. The Bertz CT molecular complexity index is 17.5. The molecule has 6 heavy (non-hydrogen) atoms. The second kappa shape index (κ2) is 5.43. The van der Waals surface area contributed by atoms with E-state index in [2.05, 4.69) is 13.5 Å². The van der Waals surface area contributed by atoms with Gasteiger partial charge in [0.25, 0.3) is 0 Å². The fraction of sp³-hybridized carbons (Fsp3) is 1.00. The molecule has 0 nitrogen and oxygen atoms in total. The summed E-state index contributed by atoms with van der Waals surface area (Å²) in [5.41, 5.74) is 1.69. The molecule has 38 valence electrons. The fourth-order valence-electron chi connectivity index (χ4n) is 0.500. The van der Waals surface area contributed by atoms with Crippen molar-refractivity contribution in [1.29, 1.82) is 0 Å². The van der Waals surface area contributed by atoms with Crippen molar-refractivity contribution in [1.82, 2.24) is 0 Å².